The van der Waals surface area contributed by atoms with Crippen LogP contribution in [0.1, 0.15) is 17.8 Å². The topological polar surface area (TPSA) is 38.9 Å². The van der Waals surface area contributed by atoms with Crippen LogP contribution in [-0.2, 0) is 0 Å². The van der Waals surface area contributed by atoms with Crippen LogP contribution in [0.15, 0.2) is 48.7 Å². The molecule has 1 aromatic heterocycles. The average Bonchev–Trinajstić information content (AvgIpc) is 2.87. The zero-order valence-corrected chi connectivity index (χ0v) is 10.9. The summed E-state index contributed by atoms with van der Waals surface area (Å²) in [6.07, 6.45) is 1.88. The number of fused-ring (bicyclic) bond motifs is 1. The van der Waals surface area contributed by atoms with Crippen LogP contribution in [-0.4, -0.2) is 4.98 Å². The van der Waals surface area contributed by atoms with Crippen molar-refractivity contribution in [3.05, 3.63) is 53.5 Å². The lowest BCUT2D eigenvalue weighted by Crippen LogP contribution is -2.01. The van der Waals surface area contributed by atoms with Crippen molar-refractivity contribution in [1.82, 2.24) is 4.98 Å². The minimum absolute atomic E-state index is 0.0474. The maximum absolute atomic E-state index is 5.89. The molecule has 2 aromatic carbocycles. The van der Waals surface area contributed by atoms with Crippen molar-refractivity contribution in [2.75, 3.05) is 0 Å². The van der Waals surface area contributed by atoms with Crippen LogP contribution in [0, 0.1) is 0 Å². The first-order valence-electron chi connectivity index (χ1n) is 5.95. The third-order valence-electron chi connectivity index (χ3n) is 2.99. The van der Waals surface area contributed by atoms with Gasteiger partial charge in [0.05, 0.1) is 0 Å². The first-order valence-corrected chi connectivity index (χ1v) is 6.77. The molecule has 2 nitrogen and oxygen atoms in total. The van der Waals surface area contributed by atoms with Crippen LogP contribution in [0.2, 0.25) is 0 Å². The van der Waals surface area contributed by atoms with E-state index in [1.54, 1.807) is 11.3 Å². The predicted octanol–water partition coefficient (Wildman–Crippen LogP) is 3.98. The molecule has 3 aromatic rings. The van der Waals surface area contributed by atoms with Gasteiger partial charge in [-0.3, -0.25) is 0 Å². The Kier molecular flexibility index (Phi) is 2.86. The number of thiazole rings is 1. The normalized spacial score (nSPS) is 12.8. The van der Waals surface area contributed by atoms with Crippen molar-refractivity contribution in [3.63, 3.8) is 0 Å². The molecule has 2 N–H and O–H groups in total. The summed E-state index contributed by atoms with van der Waals surface area (Å²) in [5.41, 5.74) is 7.07. The molecule has 0 saturated carbocycles. The number of nitrogens with zero attached hydrogens (tertiary/aromatic N) is 1. The second kappa shape index (κ2) is 4.52. The Hall–Kier alpha value is -1.71. The van der Waals surface area contributed by atoms with Gasteiger partial charge in [-0.15, -0.1) is 11.3 Å². The lowest BCUT2D eigenvalue weighted by atomic mass is 10.1. The zero-order chi connectivity index (χ0) is 12.5. The molecule has 1 atom stereocenters. The Morgan fingerprint density at radius 2 is 1.89 bits per heavy atom. The predicted molar refractivity (Wildman–Crippen MR) is 77.7 cm³/mol. The number of rotatable bonds is 2. The summed E-state index contributed by atoms with van der Waals surface area (Å²) >= 11 is 1.67. The molecule has 0 spiro atoms. The van der Waals surface area contributed by atoms with Crippen molar-refractivity contribution >= 4 is 22.1 Å². The van der Waals surface area contributed by atoms with Crippen LogP contribution in [0.4, 0.5) is 0 Å². The number of hydrogen-bond acceptors (Lipinski definition) is 3. The first-order chi connectivity index (χ1) is 8.75. The maximum atomic E-state index is 5.89. The van der Waals surface area contributed by atoms with E-state index in [1.165, 1.54) is 16.3 Å². The molecular weight excluding hydrogens is 240 g/mol. The second-order valence-electron chi connectivity index (χ2n) is 4.38. The second-order valence-corrected chi connectivity index (χ2v) is 5.45. The van der Waals surface area contributed by atoms with Crippen molar-refractivity contribution in [3.8, 4) is 10.6 Å². The van der Waals surface area contributed by atoms with Gasteiger partial charge in [0.25, 0.3) is 0 Å². The van der Waals surface area contributed by atoms with E-state index in [9.17, 15) is 0 Å². The smallest absolute Gasteiger partial charge is 0.124 e. The van der Waals surface area contributed by atoms with E-state index in [4.69, 9.17) is 5.73 Å². The molecule has 0 aliphatic rings. The molecule has 1 heterocycles. The fourth-order valence-electron chi connectivity index (χ4n) is 2.03. The van der Waals surface area contributed by atoms with Crippen molar-refractivity contribution in [2.45, 2.75) is 13.0 Å². The number of benzene rings is 2. The van der Waals surface area contributed by atoms with Gasteiger partial charge in [0.1, 0.15) is 5.01 Å². The minimum Gasteiger partial charge on any atom is -0.323 e. The SMILES string of the molecule is CC(N)c1cnc(-c2cccc3ccccc23)s1. The first kappa shape index (κ1) is 11.4. The summed E-state index contributed by atoms with van der Waals surface area (Å²) in [6, 6.07) is 14.7. The van der Waals surface area contributed by atoms with E-state index in [0.29, 0.717) is 0 Å². The Bertz CT molecular complexity index is 680. The van der Waals surface area contributed by atoms with Crippen molar-refractivity contribution in [1.29, 1.82) is 0 Å². The van der Waals surface area contributed by atoms with E-state index in [1.807, 2.05) is 13.1 Å². The van der Waals surface area contributed by atoms with E-state index in [-0.39, 0.29) is 6.04 Å². The quantitative estimate of drug-likeness (QED) is 0.751. The van der Waals surface area contributed by atoms with Crippen LogP contribution in [0.3, 0.4) is 0 Å². The van der Waals surface area contributed by atoms with Crippen molar-refractivity contribution in [2.24, 2.45) is 5.73 Å². The molecule has 0 saturated heterocycles. The summed E-state index contributed by atoms with van der Waals surface area (Å²) in [7, 11) is 0. The molecule has 0 bridgehead atoms. The number of aromatic nitrogens is 1. The highest BCUT2D eigenvalue weighted by atomic mass is 32.1. The van der Waals surface area contributed by atoms with Crippen LogP contribution in [0.5, 0.6) is 0 Å². The van der Waals surface area contributed by atoms with Crippen LogP contribution < -0.4 is 5.73 Å². The molecule has 0 radical (unpaired) electrons. The van der Waals surface area contributed by atoms with Gasteiger partial charge >= 0.3 is 0 Å². The molecule has 18 heavy (non-hydrogen) atoms. The van der Waals surface area contributed by atoms with Gasteiger partial charge < -0.3 is 5.73 Å². The number of hydrogen-bond donors (Lipinski definition) is 1. The molecule has 0 aliphatic carbocycles. The largest absolute Gasteiger partial charge is 0.323 e. The molecule has 1 unspecified atom stereocenters. The third kappa shape index (κ3) is 1.92. The highest BCUT2D eigenvalue weighted by molar-refractivity contribution is 7.15. The third-order valence-corrected chi connectivity index (χ3v) is 4.22. The Morgan fingerprint density at radius 1 is 1.11 bits per heavy atom. The summed E-state index contributed by atoms with van der Waals surface area (Å²) in [4.78, 5) is 5.62. The van der Waals surface area contributed by atoms with E-state index < -0.39 is 0 Å². The number of nitrogens with two attached hydrogens (primary N) is 1. The fraction of sp³-hybridized carbons (Fsp3) is 0.133. The Labute approximate surface area is 110 Å². The summed E-state index contributed by atoms with van der Waals surface area (Å²) in [6.45, 7) is 1.99. The van der Waals surface area contributed by atoms with Gasteiger partial charge in [-0.25, -0.2) is 4.98 Å². The molecule has 90 valence electrons. The molecule has 0 amide bonds. The van der Waals surface area contributed by atoms with Gasteiger partial charge in [0.2, 0.25) is 0 Å². The van der Waals surface area contributed by atoms with Gasteiger partial charge in [-0.05, 0) is 17.7 Å². The lowest BCUT2D eigenvalue weighted by Gasteiger charge is -2.03. The van der Waals surface area contributed by atoms with Crippen molar-refractivity contribution < 1.29 is 0 Å². The van der Waals surface area contributed by atoms with E-state index >= 15 is 0 Å². The minimum atomic E-state index is 0.0474. The summed E-state index contributed by atoms with van der Waals surface area (Å²) in [5.74, 6) is 0. The van der Waals surface area contributed by atoms with Gasteiger partial charge in [-0.1, -0.05) is 42.5 Å². The lowest BCUT2D eigenvalue weighted by molar-refractivity contribution is 0.835. The molecular formula is C15H14N2S. The Balaban J connectivity index is 2.18. The average molecular weight is 254 g/mol. The fourth-order valence-corrected chi connectivity index (χ4v) is 2.94. The van der Waals surface area contributed by atoms with Gasteiger partial charge in [0, 0.05) is 22.7 Å². The van der Waals surface area contributed by atoms with Crippen LogP contribution in [0.25, 0.3) is 21.3 Å². The van der Waals surface area contributed by atoms with Gasteiger partial charge in [-0.2, -0.15) is 0 Å². The van der Waals surface area contributed by atoms with Gasteiger partial charge in [0.15, 0.2) is 0 Å². The van der Waals surface area contributed by atoms with E-state index in [0.717, 1.165) is 9.88 Å². The highest BCUT2D eigenvalue weighted by Gasteiger charge is 2.09. The summed E-state index contributed by atoms with van der Waals surface area (Å²) in [5, 5.41) is 3.53. The standard InChI is InChI=1S/C15H14N2S/c1-10(16)14-9-17-15(18-14)13-8-4-6-11-5-2-3-7-12(11)13/h2-10H,16H2,1H3. The van der Waals surface area contributed by atoms with E-state index in [2.05, 4.69) is 47.4 Å². The highest BCUT2D eigenvalue weighted by Crippen LogP contribution is 2.32. The zero-order valence-electron chi connectivity index (χ0n) is 10.1. The molecule has 0 fully saturated rings. The monoisotopic (exact) mass is 254 g/mol. The summed E-state index contributed by atoms with van der Waals surface area (Å²) < 4.78 is 0. The molecule has 3 heteroatoms. The van der Waals surface area contributed by atoms with Crippen LogP contribution >= 0.6 is 11.3 Å². The molecule has 3 rings (SSSR count). The Morgan fingerprint density at radius 3 is 2.67 bits per heavy atom. The molecule has 0 aliphatic heterocycles. The maximum Gasteiger partial charge on any atom is 0.124 e.